The molecule has 0 aliphatic rings. The number of phenolic OH excluding ortho intramolecular Hbond substituents is 2. The maximum absolute atomic E-state index is 13.3. The summed E-state index contributed by atoms with van der Waals surface area (Å²) >= 11 is 1.06. The van der Waals surface area contributed by atoms with Gasteiger partial charge in [0.05, 0.1) is 0 Å². The number of fused-ring (bicyclic) bond motifs is 1. The first kappa shape index (κ1) is 11.9. The maximum atomic E-state index is 13.3. The lowest BCUT2D eigenvalue weighted by molar-refractivity contribution is 0.377. The first-order chi connectivity index (χ1) is 9.13. The predicted molar refractivity (Wildman–Crippen MR) is 67.9 cm³/mol. The van der Waals surface area contributed by atoms with E-state index in [4.69, 9.17) is 9.52 Å². The average molecular weight is 277 g/mol. The topological polar surface area (TPSA) is 66.5 Å². The fraction of sp³-hybridized carbons (Fsp3) is 0. The second-order valence-corrected chi connectivity index (χ2v) is 4.85. The Morgan fingerprint density at radius 1 is 1.16 bits per heavy atom. The summed E-state index contributed by atoms with van der Waals surface area (Å²) in [5.41, 5.74) is 1.34. The molecule has 1 heterocycles. The molecule has 0 aliphatic carbocycles. The van der Waals surface area contributed by atoms with Gasteiger partial charge in [-0.1, -0.05) is 12.1 Å². The van der Waals surface area contributed by atoms with Crippen LogP contribution in [0.25, 0.3) is 11.1 Å². The monoisotopic (exact) mass is 277 g/mol. The van der Waals surface area contributed by atoms with Crippen LogP contribution >= 0.6 is 11.8 Å². The first-order valence-corrected chi connectivity index (χ1v) is 6.20. The van der Waals surface area contributed by atoms with E-state index in [1.165, 1.54) is 6.07 Å². The zero-order valence-electron chi connectivity index (χ0n) is 9.50. The highest BCUT2D eigenvalue weighted by Gasteiger charge is 2.12. The summed E-state index contributed by atoms with van der Waals surface area (Å²) in [4.78, 5) is 4.61. The van der Waals surface area contributed by atoms with Crippen molar-refractivity contribution in [3.63, 3.8) is 0 Å². The number of hydrogen-bond donors (Lipinski definition) is 2. The summed E-state index contributed by atoms with van der Waals surface area (Å²) in [5.74, 6) is -2.17. The van der Waals surface area contributed by atoms with Gasteiger partial charge >= 0.3 is 0 Å². The second kappa shape index (κ2) is 4.47. The van der Waals surface area contributed by atoms with E-state index in [1.54, 1.807) is 12.1 Å². The van der Waals surface area contributed by atoms with Crippen molar-refractivity contribution in [1.82, 2.24) is 4.98 Å². The number of aromatic nitrogens is 1. The SMILES string of the molecule is Oc1cc(Sc2nc3ccccc3o2)cc(F)c1O. The Balaban J connectivity index is 1.96. The average Bonchev–Trinajstić information content (AvgIpc) is 2.78. The number of halogens is 1. The molecule has 3 aromatic rings. The molecule has 2 N–H and O–H groups in total. The number of benzene rings is 2. The number of aromatic hydroxyl groups is 2. The fourth-order valence-corrected chi connectivity index (χ4v) is 2.42. The summed E-state index contributed by atoms with van der Waals surface area (Å²) in [6.07, 6.45) is 0. The van der Waals surface area contributed by atoms with Gasteiger partial charge in [-0.3, -0.25) is 0 Å². The van der Waals surface area contributed by atoms with E-state index >= 15 is 0 Å². The van der Waals surface area contributed by atoms with Crippen molar-refractivity contribution in [2.45, 2.75) is 10.1 Å². The van der Waals surface area contributed by atoms with Crippen molar-refractivity contribution in [2.75, 3.05) is 0 Å². The molecule has 0 bridgehead atoms. The Hall–Kier alpha value is -2.21. The molecule has 1 aromatic heterocycles. The van der Waals surface area contributed by atoms with Gasteiger partial charge in [0.2, 0.25) is 0 Å². The third-order valence-electron chi connectivity index (χ3n) is 2.50. The van der Waals surface area contributed by atoms with Crippen molar-refractivity contribution in [3.8, 4) is 11.5 Å². The number of nitrogens with zero attached hydrogens (tertiary/aromatic N) is 1. The van der Waals surface area contributed by atoms with Crippen LogP contribution in [0.5, 0.6) is 11.5 Å². The molecule has 2 aromatic carbocycles. The highest BCUT2D eigenvalue weighted by atomic mass is 32.2. The molecular formula is C13H8FNO3S. The number of para-hydroxylation sites is 2. The molecule has 0 saturated heterocycles. The molecule has 0 fully saturated rings. The van der Waals surface area contributed by atoms with Crippen LogP contribution in [0.1, 0.15) is 0 Å². The largest absolute Gasteiger partial charge is 0.504 e. The van der Waals surface area contributed by atoms with Crippen molar-refractivity contribution < 1.29 is 19.0 Å². The number of hydrogen-bond acceptors (Lipinski definition) is 5. The summed E-state index contributed by atoms with van der Waals surface area (Å²) in [6, 6.07) is 9.60. The quantitative estimate of drug-likeness (QED) is 0.701. The van der Waals surface area contributed by atoms with Crippen LogP contribution in [0, 0.1) is 5.82 Å². The molecule has 0 atom stereocenters. The van der Waals surface area contributed by atoms with Gasteiger partial charge in [-0.15, -0.1) is 0 Å². The Labute approximate surface area is 111 Å². The van der Waals surface area contributed by atoms with Gasteiger partial charge in [-0.2, -0.15) is 0 Å². The van der Waals surface area contributed by atoms with Crippen LogP contribution < -0.4 is 0 Å². The van der Waals surface area contributed by atoms with Gasteiger partial charge in [0.1, 0.15) is 5.52 Å². The van der Waals surface area contributed by atoms with Crippen LogP contribution in [-0.4, -0.2) is 15.2 Å². The number of rotatable bonds is 2. The molecule has 0 radical (unpaired) electrons. The van der Waals surface area contributed by atoms with Crippen molar-refractivity contribution in [2.24, 2.45) is 0 Å². The Kier molecular flexibility index (Phi) is 2.79. The zero-order valence-corrected chi connectivity index (χ0v) is 10.3. The zero-order chi connectivity index (χ0) is 13.4. The Bertz CT molecular complexity index is 700. The van der Waals surface area contributed by atoms with Crippen LogP contribution in [0.15, 0.2) is 50.9 Å². The van der Waals surface area contributed by atoms with E-state index in [0.717, 1.165) is 17.8 Å². The van der Waals surface area contributed by atoms with Crippen LogP contribution in [-0.2, 0) is 0 Å². The second-order valence-electron chi connectivity index (χ2n) is 3.82. The summed E-state index contributed by atoms with van der Waals surface area (Å²) < 4.78 is 18.7. The van der Waals surface area contributed by atoms with Crippen molar-refractivity contribution in [1.29, 1.82) is 0 Å². The highest BCUT2D eigenvalue weighted by Crippen LogP contribution is 2.36. The molecule has 0 aliphatic heterocycles. The van der Waals surface area contributed by atoms with Crippen LogP contribution in [0.2, 0.25) is 0 Å². The molecule has 0 spiro atoms. The van der Waals surface area contributed by atoms with Gasteiger partial charge in [-0.05, 0) is 36.0 Å². The molecule has 6 heteroatoms. The van der Waals surface area contributed by atoms with E-state index in [0.29, 0.717) is 21.2 Å². The highest BCUT2D eigenvalue weighted by molar-refractivity contribution is 7.99. The summed E-state index contributed by atoms with van der Waals surface area (Å²) in [6.45, 7) is 0. The minimum Gasteiger partial charge on any atom is -0.504 e. The standard InChI is InChI=1S/C13H8FNO3S/c14-8-5-7(6-10(16)12(8)17)19-13-15-9-3-1-2-4-11(9)18-13/h1-6,16-17H. The predicted octanol–water partition coefficient (Wildman–Crippen LogP) is 3.53. The number of phenols is 2. The van der Waals surface area contributed by atoms with Crippen molar-refractivity contribution in [3.05, 3.63) is 42.2 Å². The minimum absolute atomic E-state index is 0.339. The smallest absolute Gasteiger partial charge is 0.261 e. The van der Waals surface area contributed by atoms with Gasteiger partial charge < -0.3 is 14.6 Å². The van der Waals surface area contributed by atoms with E-state index in [2.05, 4.69) is 4.98 Å². The molecule has 19 heavy (non-hydrogen) atoms. The van der Waals surface area contributed by atoms with Gasteiger partial charge in [0, 0.05) is 4.90 Å². The number of oxazole rings is 1. The molecule has 4 nitrogen and oxygen atoms in total. The van der Waals surface area contributed by atoms with E-state index < -0.39 is 17.3 Å². The fourth-order valence-electron chi connectivity index (χ4n) is 1.61. The molecule has 96 valence electrons. The Morgan fingerprint density at radius 2 is 1.95 bits per heavy atom. The van der Waals surface area contributed by atoms with Crippen molar-refractivity contribution >= 4 is 22.9 Å². The van der Waals surface area contributed by atoms with Crippen LogP contribution in [0.4, 0.5) is 4.39 Å². The lowest BCUT2D eigenvalue weighted by Crippen LogP contribution is -1.80. The lowest BCUT2D eigenvalue weighted by atomic mass is 10.3. The Morgan fingerprint density at radius 3 is 2.68 bits per heavy atom. The van der Waals surface area contributed by atoms with Gasteiger partial charge in [0.25, 0.3) is 5.22 Å². The molecule has 0 amide bonds. The van der Waals surface area contributed by atoms with Crippen LogP contribution in [0.3, 0.4) is 0 Å². The summed E-state index contributed by atoms with van der Waals surface area (Å²) in [5, 5.41) is 18.8. The molecule has 3 rings (SSSR count). The lowest BCUT2D eigenvalue weighted by Gasteiger charge is -2.02. The normalized spacial score (nSPS) is 11.0. The third-order valence-corrected chi connectivity index (χ3v) is 3.32. The minimum atomic E-state index is -0.890. The molecular weight excluding hydrogens is 269 g/mol. The van der Waals surface area contributed by atoms with Gasteiger partial charge in [0.15, 0.2) is 22.9 Å². The maximum Gasteiger partial charge on any atom is 0.261 e. The molecule has 0 unspecified atom stereocenters. The summed E-state index contributed by atoms with van der Waals surface area (Å²) in [7, 11) is 0. The van der Waals surface area contributed by atoms with E-state index in [1.807, 2.05) is 12.1 Å². The first-order valence-electron chi connectivity index (χ1n) is 5.38. The molecule has 0 saturated carbocycles. The third kappa shape index (κ3) is 2.22. The van der Waals surface area contributed by atoms with Gasteiger partial charge in [-0.25, -0.2) is 9.37 Å². The van der Waals surface area contributed by atoms with E-state index in [-0.39, 0.29) is 0 Å². The van der Waals surface area contributed by atoms with E-state index in [9.17, 15) is 9.50 Å².